The van der Waals surface area contributed by atoms with Crippen LogP contribution in [0.3, 0.4) is 0 Å². The van der Waals surface area contributed by atoms with Crippen LogP contribution in [0.15, 0.2) is 0 Å². The van der Waals surface area contributed by atoms with Gasteiger partial charge in [0.05, 0.1) is 0 Å². The van der Waals surface area contributed by atoms with Crippen LogP contribution in [0.4, 0.5) is 0 Å². The molecule has 0 aromatic carbocycles. The van der Waals surface area contributed by atoms with Crippen LogP contribution in [-0.4, -0.2) is 27.0 Å². The molecule has 0 heterocycles. The molecule has 1 atom stereocenters. The van der Waals surface area contributed by atoms with Gasteiger partial charge in [0.15, 0.2) is 6.16 Å². The van der Waals surface area contributed by atoms with Gasteiger partial charge in [0.25, 0.3) is 0 Å². The monoisotopic (exact) mass is 201 g/mol. The van der Waals surface area contributed by atoms with Gasteiger partial charge < -0.3 is 9.79 Å². The predicted octanol–water partition coefficient (Wildman–Crippen LogP) is 0.679. The summed E-state index contributed by atoms with van der Waals surface area (Å²) >= 11 is 0. The standard InChI is InChI=1S/C4H10O5P2/c5-10(6)3-1-2-4-11(7,8)9/h1-4H2,(H2-,5,6,7,8,9)/p+1. The molecule has 5 nitrogen and oxygen atoms in total. The van der Waals surface area contributed by atoms with E-state index in [2.05, 4.69) is 0 Å². The van der Waals surface area contributed by atoms with Gasteiger partial charge in [-0.3, -0.25) is 4.57 Å². The third kappa shape index (κ3) is 10.2. The Labute approximate surface area is 65.5 Å². The third-order valence-electron chi connectivity index (χ3n) is 1.05. The zero-order valence-corrected chi connectivity index (χ0v) is 7.67. The third-order valence-corrected chi connectivity index (χ3v) is 2.65. The molecule has 0 aromatic rings. The summed E-state index contributed by atoms with van der Waals surface area (Å²) < 4.78 is 20.3. The fourth-order valence-electron chi connectivity index (χ4n) is 0.565. The fraction of sp³-hybridized carbons (Fsp3) is 1.00. The smallest absolute Gasteiger partial charge is 0.324 e. The summed E-state index contributed by atoms with van der Waals surface area (Å²) in [6.07, 6.45) is 0.605. The van der Waals surface area contributed by atoms with Crippen LogP contribution in [-0.2, 0) is 9.13 Å². The van der Waals surface area contributed by atoms with Crippen LogP contribution in [0.1, 0.15) is 12.8 Å². The van der Waals surface area contributed by atoms with Crippen molar-refractivity contribution in [2.75, 3.05) is 12.3 Å². The van der Waals surface area contributed by atoms with Gasteiger partial charge in [-0.25, -0.2) is 0 Å². The molecule has 11 heavy (non-hydrogen) atoms. The molecule has 0 aliphatic heterocycles. The van der Waals surface area contributed by atoms with Crippen LogP contribution in [0.2, 0.25) is 0 Å². The molecule has 0 amide bonds. The lowest BCUT2D eigenvalue weighted by molar-refractivity contribution is 0.371. The van der Waals surface area contributed by atoms with Crippen LogP contribution < -0.4 is 0 Å². The summed E-state index contributed by atoms with van der Waals surface area (Å²) in [6, 6.07) is 0. The molecule has 0 rings (SSSR count). The molecule has 0 aromatic heterocycles. The quantitative estimate of drug-likeness (QED) is 0.449. The molecule has 0 bridgehead atoms. The number of hydrogen-bond acceptors (Lipinski definition) is 2. The topological polar surface area (TPSA) is 94.8 Å². The summed E-state index contributed by atoms with van der Waals surface area (Å²) in [5.74, 6) is 0. The van der Waals surface area contributed by atoms with Crippen molar-refractivity contribution < 1.29 is 23.8 Å². The summed E-state index contributed by atoms with van der Waals surface area (Å²) in [7, 11) is -6.05. The lowest BCUT2D eigenvalue weighted by atomic mass is 10.4. The normalized spacial score (nSPS) is 13.2. The van der Waals surface area contributed by atoms with Crippen LogP contribution >= 0.6 is 15.6 Å². The van der Waals surface area contributed by atoms with Crippen molar-refractivity contribution in [3.63, 3.8) is 0 Å². The molecule has 0 aliphatic carbocycles. The first kappa shape index (κ1) is 11.2. The summed E-state index contributed by atoms with van der Waals surface area (Å²) in [5, 5.41) is 0. The molecule has 1 unspecified atom stereocenters. The Morgan fingerprint density at radius 3 is 2.18 bits per heavy atom. The minimum absolute atomic E-state index is 0.120. The van der Waals surface area contributed by atoms with Gasteiger partial charge in [-0.1, -0.05) is 0 Å². The van der Waals surface area contributed by atoms with Gasteiger partial charge in [-0.15, -0.1) is 0 Å². The average molecular weight is 201 g/mol. The van der Waals surface area contributed by atoms with Crippen molar-refractivity contribution >= 4 is 15.6 Å². The molecule has 0 saturated heterocycles. The maximum absolute atomic E-state index is 10.2. The molecule has 66 valence electrons. The van der Waals surface area contributed by atoms with E-state index in [-0.39, 0.29) is 12.3 Å². The highest BCUT2D eigenvalue weighted by atomic mass is 31.2. The Bertz CT molecular complexity index is 173. The Balaban J connectivity index is 3.29. The number of hydrogen-bond donors (Lipinski definition) is 3. The predicted molar refractivity (Wildman–Crippen MR) is 40.8 cm³/mol. The van der Waals surface area contributed by atoms with Crippen molar-refractivity contribution in [1.82, 2.24) is 0 Å². The van der Waals surface area contributed by atoms with E-state index in [1.807, 2.05) is 0 Å². The summed E-state index contributed by atoms with van der Waals surface area (Å²) in [5.41, 5.74) is 0. The van der Waals surface area contributed by atoms with Crippen molar-refractivity contribution in [3.05, 3.63) is 0 Å². The van der Waals surface area contributed by atoms with E-state index in [0.29, 0.717) is 12.8 Å². The second kappa shape index (κ2) is 4.96. The molecule has 0 aliphatic rings. The second-order valence-electron chi connectivity index (χ2n) is 2.17. The highest BCUT2D eigenvalue weighted by Crippen LogP contribution is 2.35. The first-order valence-corrected chi connectivity index (χ1v) is 6.29. The number of unbranched alkanes of at least 4 members (excludes halogenated alkanes) is 1. The molecule has 3 N–H and O–H groups in total. The molecular formula is C4H11O5P2+. The molecular weight excluding hydrogens is 190 g/mol. The van der Waals surface area contributed by atoms with Crippen LogP contribution in [0, 0.1) is 0 Å². The lowest BCUT2D eigenvalue weighted by Crippen LogP contribution is -1.89. The van der Waals surface area contributed by atoms with Crippen molar-refractivity contribution in [2.24, 2.45) is 0 Å². The molecule has 7 heteroatoms. The van der Waals surface area contributed by atoms with Crippen molar-refractivity contribution in [2.45, 2.75) is 12.8 Å². The van der Waals surface area contributed by atoms with E-state index >= 15 is 0 Å². The Hall–Kier alpha value is 0.210. The van der Waals surface area contributed by atoms with Gasteiger partial charge in [0.1, 0.15) is 0 Å². The Morgan fingerprint density at radius 1 is 1.27 bits per heavy atom. The van der Waals surface area contributed by atoms with E-state index in [9.17, 15) is 9.13 Å². The van der Waals surface area contributed by atoms with Gasteiger partial charge in [-0.05, 0) is 17.4 Å². The Kier molecular flexibility index (Phi) is 5.06. The zero-order chi connectivity index (χ0) is 8.91. The molecule has 0 spiro atoms. The first-order valence-electron chi connectivity index (χ1n) is 3.10. The highest BCUT2D eigenvalue weighted by molar-refractivity contribution is 7.51. The SMILES string of the molecule is O=[P+](O)CCCCP(=O)(O)O. The largest absolute Gasteiger partial charge is 0.505 e. The van der Waals surface area contributed by atoms with E-state index < -0.39 is 15.6 Å². The second-order valence-corrected chi connectivity index (χ2v) is 5.10. The maximum Gasteiger partial charge on any atom is 0.505 e. The van der Waals surface area contributed by atoms with Gasteiger partial charge in [0.2, 0.25) is 0 Å². The van der Waals surface area contributed by atoms with Gasteiger partial charge >= 0.3 is 15.6 Å². The molecule has 0 saturated carbocycles. The average Bonchev–Trinajstić information content (AvgIpc) is 1.78. The lowest BCUT2D eigenvalue weighted by Gasteiger charge is -1.99. The van der Waals surface area contributed by atoms with E-state index in [1.165, 1.54) is 0 Å². The summed E-state index contributed by atoms with van der Waals surface area (Å²) in [4.78, 5) is 25.0. The van der Waals surface area contributed by atoms with Crippen LogP contribution in [0.5, 0.6) is 0 Å². The molecule has 0 radical (unpaired) electrons. The summed E-state index contributed by atoms with van der Waals surface area (Å²) in [6.45, 7) is 0. The number of rotatable bonds is 5. The molecule has 0 fully saturated rings. The van der Waals surface area contributed by atoms with Crippen molar-refractivity contribution in [3.8, 4) is 0 Å². The fourth-order valence-corrected chi connectivity index (χ4v) is 1.69. The van der Waals surface area contributed by atoms with Gasteiger partial charge in [-0.2, -0.15) is 4.89 Å². The van der Waals surface area contributed by atoms with E-state index in [1.54, 1.807) is 0 Å². The first-order chi connectivity index (χ1) is 4.92. The van der Waals surface area contributed by atoms with E-state index in [4.69, 9.17) is 14.7 Å². The Morgan fingerprint density at radius 2 is 1.82 bits per heavy atom. The highest BCUT2D eigenvalue weighted by Gasteiger charge is 2.14. The minimum Gasteiger partial charge on any atom is -0.324 e. The van der Waals surface area contributed by atoms with E-state index in [0.717, 1.165) is 0 Å². The van der Waals surface area contributed by atoms with Crippen molar-refractivity contribution in [1.29, 1.82) is 0 Å². The zero-order valence-electron chi connectivity index (χ0n) is 5.88. The maximum atomic E-state index is 10.2. The van der Waals surface area contributed by atoms with Crippen LogP contribution in [0.25, 0.3) is 0 Å². The van der Waals surface area contributed by atoms with Gasteiger partial charge in [0, 0.05) is 6.16 Å². The minimum atomic E-state index is -3.90.